The highest BCUT2D eigenvalue weighted by Crippen LogP contribution is 2.17. The summed E-state index contributed by atoms with van der Waals surface area (Å²) in [6, 6.07) is 0. The number of methoxy groups -OCH3 is 2. The number of hydrogen-bond acceptors (Lipinski definition) is 5. The van der Waals surface area contributed by atoms with Gasteiger partial charge in [-0.05, 0) is 52.1 Å². The lowest BCUT2D eigenvalue weighted by atomic mass is 9.95. The minimum absolute atomic E-state index is 0.158. The van der Waals surface area contributed by atoms with Crippen molar-refractivity contribution >= 4 is 5.97 Å². The molecular formula is C16H32N2O3. The summed E-state index contributed by atoms with van der Waals surface area (Å²) in [6.07, 6.45) is 5.46. The summed E-state index contributed by atoms with van der Waals surface area (Å²) < 4.78 is 10.3. The van der Waals surface area contributed by atoms with E-state index in [-0.39, 0.29) is 5.97 Å². The van der Waals surface area contributed by atoms with E-state index in [4.69, 9.17) is 9.47 Å². The molecule has 0 bridgehead atoms. The van der Waals surface area contributed by atoms with E-state index in [1.807, 2.05) is 6.92 Å². The molecule has 1 fully saturated rings. The molecule has 1 unspecified atom stereocenters. The molecule has 0 saturated carbocycles. The summed E-state index contributed by atoms with van der Waals surface area (Å²) >= 11 is 0. The maximum atomic E-state index is 12.0. The van der Waals surface area contributed by atoms with Gasteiger partial charge in [-0.15, -0.1) is 0 Å². The molecule has 0 spiro atoms. The van der Waals surface area contributed by atoms with Crippen LogP contribution in [-0.4, -0.2) is 62.9 Å². The number of carbonyl (C=O) groups is 1. The van der Waals surface area contributed by atoms with Gasteiger partial charge >= 0.3 is 5.97 Å². The quantitative estimate of drug-likeness (QED) is 0.658. The first kappa shape index (κ1) is 18.4. The molecule has 0 amide bonds. The van der Waals surface area contributed by atoms with Crippen molar-refractivity contribution in [3.8, 4) is 0 Å². The first-order chi connectivity index (χ1) is 10.1. The summed E-state index contributed by atoms with van der Waals surface area (Å²) in [6.45, 7) is 8.11. The molecule has 124 valence electrons. The number of ether oxygens (including phenoxy) is 2. The van der Waals surface area contributed by atoms with Gasteiger partial charge in [0.2, 0.25) is 0 Å². The average molecular weight is 300 g/mol. The minimum atomic E-state index is -0.560. The first-order valence-electron chi connectivity index (χ1n) is 8.14. The van der Waals surface area contributed by atoms with Crippen LogP contribution in [0.15, 0.2) is 0 Å². The highest BCUT2D eigenvalue weighted by atomic mass is 16.5. The number of piperidine rings is 1. The lowest BCUT2D eigenvalue weighted by Gasteiger charge is -2.33. The van der Waals surface area contributed by atoms with Gasteiger partial charge in [0.1, 0.15) is 5.54 Å². The van der Waals surface area contributed by atoms with E-state index in [0.717, 1.165) is 58.3 Å². The van der Waals surface area contributed by atoms with E-state index in [0.29, 0.717) is 6.10 Å². The second-order valence-electron chi connectivity index (χ2n) is 6.13. The van der Waals surface area contributed by atoms with Crippen molar-refractivity contribution in [1.82, 2.24) is 10.2 Å². The third-order valence-electron chi connectivity index (χ3n) is 4.42. The molecule has 1 aliphatic heterocycles. The zero-order valence-corrected chi connectivity index (χ0v) is 14.1. The average Bonchev–Trinajstić information content (AvgIpc) is 2.52. The van der Waals surface area contributed by atoms with Crippen LogP contribution in [-0.2, 0) is 14.3 Å². The van der Waals surface area contributed by atoms with Crippen LogP contribution in [0, 0.1) is 0 Å². The van der Waals surface area contributed by atoms with Crippen LogP contribution in [0.1, 0.15) is 46.0 Å². The topological polar surface area (TPSA) is 50.8 Å². The van der Waals surface area contributed by atoms with E-state index in [9.17, 15) is 4.79 Å². The molecule has 5 heteroatoms. The fourth-order valence-corrected chi connectivity index (χ4v) is 2.91. The van der Waals surface area contributed by atoms with Gasteiger partial charge in [-0.1, -0.05) is 6.92 Å². The molecule has 1 rings (SSSR count). The monoisotopic (exact) mass is 300 g/mol. The van der Waals surface area contributed by atoms with Crippen LogP contribution < -0.4 is 5.32 Å². The van der Waals surface area contributed by atoms with Crippen LogP contribution in [0.5, 0.6) is 0 Å². The van der Waals surface area contributed by atoms with Crippen LogP contribution in [0.2, 0.25) is 0 Å². The van der Waals surface area contributed by atoms with Crippen molar-refractivity contribution < 1.29 is 14.3 Å². The van der Waals surface area contributed by atoms with Gasteiger partial charge in [0, 0.05) is 20.2 Å². The minimum Gasteiger partial charge on any atom is -0.468 e. The van der Waals surface area contributed by atoms with E-state index in [2.05, 4.69) is 17.1 Å². The maximum Gasteiger partial charge on any atom is 0.325 e. The lowest BCUT2D eigenvalue weighted by Crippen LogP contribution is -2.51. The van der Waals surface area contributed by atoms with Crippen molar-refractivity contribution in [2.45, 2.75) is 57.6 Å². The summed E-state index contributed by atoms with van der Waals surface area (Å²) in [5.41, 5.74) is -0.560. The molecule has 1 heterocycles. The number of esters is 1. The smallest absolute Gasteiger partial charge is 0.325 e. The van der Waals surface area contributed by atoms with Crippen LogP contribution in [0.25, 0.3) is 0 Å². The van der Waals surface area contributed by atoms with Crippen molar-refractivity contribution in [1.29, 1.82) is 0 Å². The Labute approximate surface area is 129 Å². The maximum absolute atomic E-state index is 12.0. The number of nitrogens with one attached hydrogen (secondary N) is 1. The van der Waals surface area contributed by atoms with Gasteiger partial charge in [-0.25, -0.2) is 0 Å². The van der Waals surface area contributed by atoms with E-state index in [1.165, 1.54) is 7.11 Å². The summed E-state index contributed by atoms with van der Waals surface area (Å²) in [4.78, 5) is 14.5. The predicted octanol–water partition coefficient (Wildman–Crippen LogP) is 1.81. The molecule has 1 atom stereocenters. The number of rotatable bonds is 9. The van der Waals surface area contributed by atoms with E-state index >= 15 is 0 Å². The standard InChI is InChI=1S/C16H32N2O3/c1-5-10-17-16(2,15(19)21-4)9-6-11-18-12-7-14(20-3)8-13-18/h14,17H,5-13H2,1-4H3. The van der Waals surface area contributed by atoms with Gasteiger partial charge < -0.3 is 19.7 Å². The normalized spacial score (nSPS) is 20.2. The number of likely N-dealkylation sites (tertiary alicyclic amines) is 1. The fourth-order valence-electron chi connectivity index (χ4n) is 2.91. The van der Waals surface area contributed by atoms with Crippen LogP contribution >= 0.6 is 0 Å². The van der Waals surface area contributed by atoms with Crippen LogP contribution in [0.4, 0.5) is 0 Å². The second-order valence-corrected chi connectivity index (χ2v) is 6.13. The van der Waals surface area contributed by atoms with Crippen molar-refractivity contribution in [3.05, 3.63) is 0 Å². The Morgan fingerprint density at radius 1 is 1.33 bits per heavy atom. The zero-order valence-electron chi connectivity index (χ0n) is 14.1. The fraction of sp³-hybridized carbons (Fsp3) is 0.938. The van der Waals surface area contributed by atoms with Crippen molar-refractivity contribution in [2.24, 2.45) is 0 Å². The highest BCUT2D eigenvalue weighted by molar-refractivity contribution is 5.80. The first-order valence-corrected chi connectivity index (χ1v) is 8.14. The Bertz CT molecular complexity index is 304. The Balaban J connectivity index is 2.34. The molecule has 0 aliphatic carbocycles. The molecule has 5 nitrogen and oxygen atoms in total. The van der Waals surface area contributed by atoms with Crippen molar-refractivity contribution in [2.75, 3.05) is 40.4 Å². The molecule has 0 radical (unpaired) electrons. The molecule has 0 aromatic rings. The molecule has 0 aromatic heterocycles. The van der Waals surface area contributed by atoms with Gasteiger partial charge in [0.15, 0.2) is 0 Å². The van der Waals surface area contributed by atoms with Gasteiger partial charge in [-0.2, -0.15) is 0 Å². The molecule has 1 saturated heterocycles. The van der Waals surface area contributed by atoms with Gasteiger partial charge in [-0.3, -0.25) is 4.79 Å². The van der Waals surface area contributed by atoms with Crippen molar-refractivity contribution in [3.63, 3.8) is 0 Å². The Morgan fingerprint density at radius 2 is 2.00 bits per heavy atom. The Hall–Kier alpha value is -0.650. The lowest BCUT2D eigenvalue weighted by molar-refractivity contribution is -0.148. The van der Waals surface area contributed by atoms with E-state index < -0.39 is 5.54 Å². The second kappa shape index (κ2) is 9.38. The van der Waals surface area contributed by atoms with Gasteiger partial charge in [0.05, 0.1) is 13.2 Å². The molecule has 1 aliphatic rings. The SMILES string of the molecule is CCCNC(C)(CCCN1CCC(OC)CC1)C(=O)OC. The molecular weight excluding hydrogens is 268 g/mol. The summed E-state index contributed by atoms with van der Waals surface area (Å²) in [7, 11) is 3.26. The van der Waals surface area contributed by atoms with E-state index in [1.54, 1.807) is 7.11 Å². The summed E-state index contributed by atoms with van der Waals surface area (Å²) in [5.74, 6) is -0.158. The zero-order chi connectivity index (χ0) is 15.7. The summed E-state index contributed by atoms with van der Waals surface area (Å²) in [5, 5.41) is 3.34. The molecule has 0 aromatic carbocycles. The number of nitrogens with zero attached hydrogens (tertiary/aromatic N) is 1. The molecule has 1 N–H and O–H groups in total. The van der Waals surface area contributed by atoms with Gasteiger partial charge in [0.25, 0.3) is 0 Å². The van der Waals surface area contributed by atoms with Crippen LogP contribution in [0.3, 0.4) is 0 Å². The predicted molar refractivity (Wildman–Crippen MR) is 84.4 cm³/mol. The number of carbonyl (C=O) groups excluding carboxylic acids is 1. The number of hydrogen-bond donors (Lipinski definition) is 1. The largest absolute Gasteiger partial charge is 0.468 e. The third kappa shape index (κ3) is 5.93. The molecule has 21 heavy (non-hydrogen) atoms. The Kier molecular flexibility index (Phi) is 8.22. The third-order valence-corrected chi connectivity index (χ3v) is 4.42. The highest BCUT2D eigenvalue weighted by Gasteiger charge is 2.33. The Morgan fingerprint density at radius 3 is 2.52 bits per heavy atom.